The van der Waals surface area contributed by atoms with E-state index in [2.05, 4.69) is 38.1 Å². The molecule has 0 aromatic carbocycles. The Morgan fingerprint density at radius 2 is 2.00 bits per heavy atom. The second-order valence-electron chi connectivity index (χ2n) is 6.28. The maximum absolute atomic E-state index is 4.55. The fraction of sp³-hybridized carbons (Fsp3) is 0.625. The summed E-state index contributed by atoms with van der Waals surface area (Å²) < 4.78 is 0. The van der Waals surface area contributed by atoms with Crippen LogP contribution in [0.1, 0.15) is 32.6 Å². The van der Waals surface area contributed by atoms with E-state index in [-0.39, 0.29) is 0 Å². The summed E-state index contributed by atoms with van der Waals surface area (Å²) >= 11 is 1.70. The van der Waals surface area contributed by atoms with Gasteiger partial charge < -0.3 is 4.90 Å². The molecule has 0 spiro atoms. The molecular formula is C16H22N4S. The topological polar surface area (TPSA) is 32.3 Å². The fourth-order valence-electron chi connectivity index (χ4n) is 3.94. The van der Waals surface area contributed by atoms with Gasteiger partial charge in [-0.15, -0.1) is 11.3 Å². The number of nitrogens with zero attached hydrogens (tertiary/aromatic N) is 4. The zero-order valence-corrected chi connectivity index (χ0v) is 13.4. The molecule has 4 rings (SSSR count). The maximum atomic E-state index is 4.55. The van der Waals surface area contributed by atoms with E-state index in [9.17, 15) is 0 Å². The van der Waals surface area contributed by atoms with Crippen molar-refractivity contribution < 1.29 is 0 Å². The van der Waals surface area contributed by atoms with Gasteiger partial charge >= 0.3 is 0 Å². The molecule has 2 aromatic heterocycles. The molecule has 2 aliphatic rings. The average molecular weight is 302 g/mol. The zero-order valence-electron chi connectivity index (χ0n) is 12.5. The molecule has 0 aliphatic carbocycles. The number of thiophene rings is 1. The van der Waals surface area contributed by atoms with Gasteiger partial charge in [0.25, 0.3) is 0 Å². The van der Waals surface area contributed by atoms with Crippen LogP contribution in [0.4, 0.5) is 5.82 Å². The highest BCUT2D eigenvalue weighted by atomic mass is 32.1. The van der Waals surface area contributed by atoms with Crippen molar-refractivity contribution >= 4 is 27.4 Å². The van der Waals surface area contributed by atoms with Gasteiger partial charge in [-0.25, -0.2) is 9.97 Å². The third kappa shape index (κ3) is 2.42. The first-order valence-corrected chi connectivity index (χ1v) is 8.90. The van der Waals surface area contributed by atoms with Crippen LogP contribution < -0.4 is 4.90 Å². The van der Waals surface area contributed by atoms with Crippen molar-refractivity contribution in [2.75, 3.05) is 24.5 Å². The van der Waals surface area contributed by atoms with Crippen LogP contribution in [0.2, 0.25) is 0 Å². The first-order valence-electron chi connectivity index (χ1n) is 8.02. The molecular weight excluding hydrogens is 280 g/mol. The van der Waals surface area contributed by atoms with Gasteiger partial charge in [-0.1, -0.05) is 0 Å². The van der Waals surface area contributed by atoms with Gasteiger partial charge in [0.1, 0.15) is 17.0 Å². The van der Waals surface area contributed by atoms with Crippen LogP contribution in [0.15, 0.2) is 17.8 Å². The molecule has 1 unspecified atom stereocenters. The Kier molecular flexibility index (Phi) is 3.55. The van der Waals surface area contributed by atoms with E-state index in [0.29, 0.717) is 0 Å². The van der Waals surface area contributed by atoms with Gasteiger partial charge in [0.2, 0.25) is 0 Å². The van der Waals surface area contributed by atoms with Crippen LogP contribution in [0.5, 0.6) is 0 Å². The Bertz CT molecular complexity index is 618. The van der Waals surface area contributed by atoms with Gasteiger partial charge in [-0.2, -0.15) is 0 Å². The summed E-state index contributed by atoms with van der Waals surface area (Å²) in [5.41, 5.74) is 0. The molecule has 2 fully saturated rings. The summed E-state index contributed by atoms with van der Waals surface area (Å²) in [5, 5.41) is 3.33. The lowest BCUT2D eigenvalue weighted by atomic mass is 10.0. The Morgan fingerprint density at radius 3 is 2.76 bits per heavy atom. The lowest BCUT2D eigenvalue weighted by molar-refractivity contribution is 0.163. The van der Waals surface area contributed by atoms with Crippen LogP contribution >= 0.6 is 11.3 Å². The first-order chi connectivity index (χ1) is 10.3. The molecule has 0 radical (unpaired) electrons. The Morgan fingerprint density at radius 1 is 1.14 bits per heavy atom. The molecule has 5 heteroatoms. The summed E-state index contributed by atoms with van der Waals surface area (Å²) in [6.07, 6.45) is 6.99. The van der Waals surface area contributed by atoms with Crippen molar-refractivity contribution in [2.24, 2.45) is 0 Å². The average Bonchev–Trinajstić information content (AvgIpc) is 3.15. The predicted octanol–water partition coefficient (Wildman–Crippen LogP) is 3.14. The second kappa shape index (κ2) is 5.54. The van der Waals surface area contributed by atoms with Crippen LogP contribution in [0.3, 0.4) is 0 Å². The second-order valence-corrected chi connectivity index (χ2v) is 7.18. The van der Waals surface area contributed by atoms with E-state index < -0.39 is 0 Å². The summed E-state index contributed by atoms with van der Waals surface area (Å²) in [6, 6.07) is 3.71. The first kappa shape index (κ1) is 13.5. The number of piperidine rings is 1. The molecule has 1 atom stereocenters. The number of likely N-dealkylation sites (tertiary alicyclic amines) is 1. The molecule has 0 N–H and O–H groups in total. The van der Waals surface area contributed by atoms with Gasteiger partial charge in [-0.3, -0.25) is 4.90 Å². The van der Waals surface area contributed by atoms with Crippen molar-refractivity contribution in [3.05, 3.63) is 17.8 Å². The normalized spacial score (nSPS) is 25.0. The summed E-state index contributed by atoms with van der Waals surface area (Å²) in [7, 11) is 0. The van der Waals surface area contributed by atoms with E-state index in [1.807, 2.05) is 0 Å². The fourth-order valence-corrected chi connectivity index (χ4v) is 4.66. The van der Waals surface area contributed by atoms with Crippen molar-refractivity contribution in [1.29, 1.82) is 0 Å². The summed E-state index contributed by atoms with van der Waals surface area (Å²) in [4.78, 5) is 15.2. The maximum Gasteiger partial charge on any atom is 0.140 e. The number of anilines is 1. The van der Waals surface area contributed by atoms with E-state index in [4.69, 9.17) is 0 Å². The highest BCUT2D eigenvalue weighted by molar-refractivity contribution is 7.16. The van der Waals surface area contributed by atoms with Gasteiger partial charge in [0.05, 0.1) is 5.39 Å². The number of aromatic nitrogens is 2. The quantitative estimate of drug-likeness (QED) is 0.853. The highest BCUT2D eigenvalue weighted by Gasteiger charge is 2.31. The van der Waals surface area contributed by atoms with Gasteiger partial charge in [0, 0.05) is 25.2 Å². The molecule has 21 heavy (non-hydrogen) atoms. The van der Waals surface area contributed by atoms with Crippen molar-refractivity contribution in [3.8, 4) is 0 Å². The Labute approximate surface area is 129 Å². The largest absolute Gasteiger partial charge is 0.356 e. The minimum absolute atomic E-state index is 0.776. The van der Waals surface area contributed by atoms with E-state index in [1.165, 1.54) is 37.6 Å². The summed E-state index contributed by atoms with van der Waals surface area (Å²) in [6.45, 7) is 5.93. The summed E-state index contributed by atoms with van der Waals surface area (Å²) in [5.74, 6) is 1.13. The number of fused-ring (bicyclic) bond motifs is 1. The molecule has 0 saturated carbocycles. The van der Waals surface area contributed by atoms with Gasteiger partial charge in [-0.05, 0) is 50.6 Å². The van der Waals surface area contributed by atoms with Gasteiger partial charge in [0.15, 0.2) is 0 Å². The van der Waals surface area contributed by atoms with Crippen LogP contribution in [0, 0.1) is 0 Å². The standard InChI is InChI=1S/C16H22N4S/c1-12-3-2-7-20(12)13-4-8-19(9-5-13)15-14-6-10-21-16(14)18-11-17-15/h6,10-13H,2-5,7-9H2,1H3. The molecule has 0 amide bonds. The molecule has 0 bridgehead atoms. The Balaban J connectivity index is 1.49. The lowest BCUT2D eigenvalue weighted by Crippen LogP contribution is -2.46. The molecule has 2 aromatic rings. The number of hydrogen-bond acceptors (Lipinski definition) is 5. The van der Waals surface area contributed by atoms with Crippen LogP contribution in [-0.4, -0.2) is 46.6 Å². The van der Waals surface area contributed by atoms with E-state index >= 15 is 0 Å². The third-order valence-corrected chi connectivity index (χ3v) is 5.90. The lowest BCUT2D eigenvalue weighted by Gasteiger charge is -2.39. The molecule has 2 saturated heterocycles. The molecule has 4 nitrogen and oxygen atoms in total. The zero-order chi connectivity index (χ0) is 14.2. The molecule has 2 aliphatic heterocycles. The van der Waals surface area contributed by atoms with E-state index in [0.717, 1.165) is 35.8 Å². The smallest absolute Gasteiger partial charge is 0.140 e. The van der Waals surface area contributed by atoms with Crippen LogP contribution in [0.25, 0.3) is 10.2 Å². The molecule has 112 valence electrons. The Hall–Kier alpha value is -1.20. The monoisotopic (exact) mass is 302 g/mol. The third-order valence-electron chi connectivity index (χ3n) is 5.08. The van der Waals surface area contributed by atoms with Crippen LogP contribution in [-0.2, 0) is 0 Å². The van der Waals surface area contributed by atoms with Crippen molar-refractivity contribution in [1.82, 2.24) is 14.9 Å². The highest BCUT2D eigenvalue weighted by Crippen LogP contribution is 2.31. The SMILES string of the molecule is CC1CCCN1C1CCN(c2ncnc3sccc23)CC1. The predicted molar refractivity (Wildman–Crippen MR) is 88.1 cm³/mol. The minimum Gasteiger partial charge on any atom is -0.356 e. The van der Waals surface area contributed by atoms with Crippen molar-refractivity contribution in [3.63, 3.8) is 0 Å². The van der Waals surface area contributed by atoms with Crippen molar-refractivity contribution in [2.45, 2.75) is 44.7 Å². The van der Waals surface area contributed by atoms with E-state index in [1.54, 1.807) is 17.7 Å². The number of rotatable bonds is 2. The number of hydrogen-bond donors (Lipinski definition) is 0. The minimum atomic E-state index is 0.776. The molecule has 4 heterocycles.